The van der Waals surface area contributed by atoms with E-state index in [0.717, 1.165) is 23.7 Å². The molecule has 0 saturated carbocycles. The minimum absolute atomic E-state index is 0.342. The number of hydrogen-bond acceptors (Lipinski definition) is 7. The normalized spacial score (nSPS) is 15.5. The Kier molecular flexibility index (Phi) is 6.04. The first-order valence-corrected chi connectivity index (χ1v) is 10.8. The number of ether oxygens (including phenoxy) is 1. The maximum Gasteiger partial charge on any atom is 0.243 e. The smallest absolute Gasteiger partial charge is 0.243 e. The Morgan fingerprint density at radius 3 is 2.36 bits per heavy atom. The highest BCUT2D eigenvalue weighted by molar-refractivity contribution is 7.89. The molecule has 0 spiro atoms. The molecule has 2 heterocycles. The molecule has 0 amide bonds. The Morgan fingerprint density at radius 2 is 1.79 bits per heavy atom. The van der Waals surface area contributed by atoms with Crippen molar-refractivity contribution in [2.24, 2.45) is 0 Å². The first-order chi connectivity index (χ1) is 13.4. The van der Waals surface area contributed by atoms with Crippen LogP contribution in [0.25, 0.3) is 0 Å². The number of rotatable bonds is 6. The van der Waals surface area contributed by atoms with E-state index in [0.29, 0.717) is 42.4 Å². The van der Waals surface area contributed by atoms with E-state index in [1.165, 1.54) is 4.31 Å². The molecule has 2 aromatic rings. The van der Waals surface area contributed by atoms with Crippen LogP contribution in [0.1, 0.15) is 18.1 Å². The standard InChI is InChI=1S/C19H27N5O3S/c1-5-20-18-6-7-19(22-21-18)23-8-10-24(11-9-23)28(25,26)17-13-14(2)16(27-4)12-15(17)3/h6-7,12-13H,5,8-11H2,1-4H3,(H,20,21). The predicted molar refractivity (Wildman–Crippen MR) is 110 cm³/mol. The fourth-order valence-electron chi connectivity index (χ4n) is 3.33. The Morgan fingerprint density at radius 1 is 1.07 bits per heavy atom. The highest BCUT2D eigenvalue weighted by Crippen LogP contribution is 2.28. The van der Waals surface area contributed by atoms with Gasteiger partial charge in [0.05, 0.1) is 12.0 Å². The number of benzene rings is 1. The lowest BCUT2D eigenvalue weighted by Gasteiger charge is -2.34. The van der Waals surface area contributed by atoms with Crippen molar-refractivity contribution in [2.45, 2.75) is 25.7 Å². The molecule has 1 fully saturated rings. The first-order valence-electron chi connectivity index (χ1n) is 9.34. The highest BCUT2D eigenvalue weighted by atomic mass is 32.2. The molecule has 152 valence electrons. The summed E-state index contributed by atoms with van der Waals surface area (Å²) in [6, 6.07) is 7.27. The van der Waals surface area contributed by atoms with Crippen molar-refractivity contribution in [1.29, 1.82) is 0 Å². The van der Waals surface area contributed by atoms with Crippen LogP contribution in [-0.2, 0) is 10.0 Å². The molecular weight excluding hydrogens is 378 g/mol. The lowest BCUT2D eigenvalue weighted by atomic mass is 10.1. The van der Waals surface area contributed by atoms with Gasteiger partial charge in [-0.2, -0.15) is 4.31 Å². The fourth-order valence-corrected chi connectivity index (χ4v) is 5.04. The third-order valence-electron chi connectivity index (χ3n) is 4.88. The van der Waals surface area contributed by atoms with Crippen LogP contribution in [-0.4, -0.2) is 62.8 Å². The van der Waals surface area contributed by atoms with Crippen LogP contribution < -0.4 is 15.0 Å². The van der Waals surface area contributed by atoms with E-state index in [9.17, 15) is 8.42 Å². The number of anilines is 2. The van der Waals surface area contributed by atoms with Crippen LogP contribution in [0.3, 0.4) is 0 Å². The summed E-state index contributed by atoms with van der Waals surface area (Å²) >= 11 is 0. The topological polar surface area (TPSA) is 87.7 Å². The Labute approximate surface area is 166 Å². The van der Waals surface area contributed by atoms with Gasteiger partial charge in [-0.15, -0.1) is 10.2 Å². The zero-order valence-electron chi connectivity index (χ0n) is 16.8. The average Bonchev–Trinajstić information content (AvgIpc) is 2.70. The molecule has 8 nitrogen and oxygen atoms in total. The number of hydrogen-bond donors (Lipinski definition) is 1. The molecule has 1 aromatic heterocycles. The zero-order valence-corrected chi connectivity index (χ0v) is 17.6. The van der Waals surface area contributed by atoms with Gasteiger partial charge in [0.25, 0.3) is 0 Å². The fraction of sp³-hybridized carbons (Fsp3) is 0.474. The van der Waals surface area contributed by atoms with E-state index in [2.05, 4.69) is 20.4 Å². The van der Waals surface area contributed by atoms with Crippen LogP contribution in [0.15, 0.2) is 29.2 Å². The third kappa shape index (κ3) is 4.05. The van der Waals surface area contributed by atoms with Crippen molar-refractivity contribution in [3.8, 4) is 5.75 Å². The van der Waals surface area contributed by atoms with Crippen molar-refractivity contribution >= 4 is 21.7 Å². The van der Waals surface area contributed by atoms with Crippen LogP contribution in [0.2, 0.25) is 0 Å². The molecule has 1 aliphatic rings. The van der Waals surface area contributed by atoms with Crippen LogP contribution in [0, 0.1) is 13.8 Å². The number of aryl methyl sites for hydroxylation is 2. The van der Waals surface area contributed by atoms with Gasteiger partial charge in [-0.05, 0) is 56.2 Å². The highest BCUT2D eigenvalue weighted by Gasteiger charge is 2.30. The van der Waals surface area contributed by atoms with E-state index < -0.39 is 10.0 Å². The second-order valence-electron chi connectivity index (χ2n) is 6.79. The van der Waals surface area contributed by atoms with Crippen molar-refractivity contribution in [3.05, 3.63) is 35.4 Å². The van der Waals surface area contributed by atoms with Gasteiger partial charge in [0, 0.05) is 32.7 Å². The molecule has 1 aliphatic heterocycles. The van der Waals surface area contributed by atoms with Crippen molar-refractivity contribution < 1.29 is 13.2 Å². The summed E-state index contributed by atoms with van der Waals surface area (Å²) in [5.41, 5.74) is 1.50. The van der Waals surface area contributed by atoms with Crippen molar-refractivity contribution in [1.82, 2.24) is 14.5 Å². The number of piperazine rings is 1. The summed E-state index contributed by atoms with van der Waals surface area (Å²) in [4.78, 5) is 2.40. The molecule has 1 saturated heterocycles. The van der Waals surface area contributed by atoms with Gasteiger partial charge >= 0.3 is 0 Å². The number of nitrogens with one attached hydrogen (secondary N) is 1. The second-order valence-corrected chi connectivity index (χ2v) is 8.69. The summed E-state index contributed by atoms with van der Waals surface area (Å²) in [6.45, 7) is 8.39. The molecule has 28 heavy (non-hydrogen) atoms. The van der Waals surface area contributed by atoms with Gasteiger partial charge in [0.2, 0.25) is 10.0 Å². The maximum absolute atomic E-state index is 13.2. The molecule has 9 heteroatoms. The molecule has 0 aliphatic carbocycles. The molecule has 0 bridgehead atoms. The summed E-state index contributed by atoms with van der Waals surface area (Å²) in [7, 11) is -1.97. The largest absolute Gasteiger partial charge is 0.496 e. The van der Waals surface area contributed by atoms with Gasteiger partial charge in [0.1, 0.15) is 11.6 Å². The summed E-state index contributed by atoms with van der Waals surface area (Å²) in [6.07, 6.45) is 0. The maximum atomic E-state index is 13.2. The monoisotopic (exact) mass is 405 g/mol. The van der Waals surface area contributed by atoms with Gasteiger partial charge in [-0.3, -0.25) is 0 Å². The van der Waals surface area contributed by atoms with Crippen LogP contribution in [0.5, 0.6) is 5.75 Å². The van der Waals surface area contributed by atoms with E-state index in [1.807, 2.05) is 26.0 Å². The van der Waals surface area contributed by atoms with Crippen molar-refractivity contribution in [3.63, 3.8) is 0 Å². The van der Waals surface area contributed by atoms with Gasteiger partial charge < -0.3 is 15.0 Å². The minimum atomic E-state index is -3.55. The lowest BCUT2D eigenvalue weighted by molar-refractivity contribution is 0.382. The first kappa shape index (κ1) is 20.3. The third-order valence-corrected chi connectivity index (χ3v) is 6.92. The van der Waals surface area contributed by atoms with Gasteiger partial charge in [-0.25, -0.2) is 8.42 Å². The van der Waals surface area contributed by atoms with E-state index in [1.54, 1.807) is 26.2 Å². The zero-order chi connectivity index (χ0) is 20.3. The summed E-state index contributed by atoms with van der Waals surface area (Å²) in [5, 5.41) is 11.5. The van der Waals surface area contributed by atoms with E-state index in [4.69, 9.17) is 4.74 Å². The van der Waals surface area contributed by atoms with E-state index >= 15 is 0 Å². The Bertz CT molecular complexity index is 923. The Balaban J connectivity index is 1.72. The van der Waals surface area contributed by atoms with Crippen LogP contribution >= 0.6 is 0 Å². The lowest BCUT2D eigenvalue weighted by Crippen LogP contribution is -2.49. The number of methoxy groups -OCH3 is 1. The van der Waals surface area contributed by atoms with Gasteiger partial charge in [-0.1, -0.05) is 0 Å². The molecule has 1 N–H and O–H groups in total. The summed E-state index contributed by atoms with van der Waals surface area (Å²) < 4.78 is 33.1. The van der Waals surface area contributed by atoms with Gasteiger partial charge in [0.15, 0.2) is 5.82 Å². The predicted octanol–water partition coefficient (Wildman–Crippen LogP) is 2.04. The van der Waals surface area contributed by atoms with Crippen molar-refractivity contribution in [2.75, 3.05) is 50.1 Å². The number of aromatic nitrogens is 2. The molecular formula is C19H27N5O3S. The average molecular weight is 406 g/mol. The molecule has 0 unspecified atom stereocenters. The number of nitrogens with zero attached hydrogens (tertiary/aromatic N) is 4. The quantitative estimate of drug-likeness (QED) is 0.787. The molecule has 3 rings (SSSR count). The molecule has 0 atom stereocenters. The number of sulfonamides is 1. The summed E-state index contributed by atoms with van der Waals surface area (Å²) in [5.74, 6) is 2.19. The SMILES string of the molecule is CCNc1ccc(N2CCN(S(=O)(=O)c3cc(C)c(OC)cc3C)CC2)nn1. The minimum Gasteiger partial charge on any atom is -0.496 e. The van der Waals surface area contributed by atoms with Crippen LogP contribution in [0.4, 0.5) is 11.6 Å². The molecule has 1 aromatic carbocycles. The molecule has 0 radical (unpaired) electrons. The second kappa shape index (κ2) is 8.32. The Hall–Kier alpha value is -2.39. The van der Waals surface area contributed by atoms with E-state index in [-0.39, 0.29) is 0 Å².